The molecule has 0 spiro atoms. The molecule has 3 amide bonds. The number of hydrogen-bond acceptors (Lipinski definition) is 6. The number of rotatable bonds is 6. The predicted molar refractivity (Wildman–Crippen MR) is 128 cm³/mol. The summed E-state index contributed by atoms with van der Waals surface area (Å²) in [5.41, 5.74) is 3.07. The number of thiazole rings is 1. The highest BCUT2D eigenvalue weighted by Gasteiger charge is 2.31. The van der Waals surface area contributed by atoms with Gasteiger partial charge >= 0.3 is 0 Å². The van der Waals surface area contributed by atoms with Gasteiger partial charge in [-0.05, 0) is 55.2 Å². The van der Waals surface area contributed by atoms with Gasteiger partial charge in [-0.15, -0.1) is 0 Å². The summed E-state index contributed by atoms with van der Waals surface area (Å²) in [5.74, 6) is -0.589. The molecule has 3 aromatic rings. The Bertz CT molecular complexity index is 1200. The van der Waals surface area contributed by atoms with E-state index < -0.39 is 0 Å². The average molecular weight is 464 g/mol. The van der Waals surface area contributed by atoms with E-state index in [1.165, 1.54) is 16.2 Å². The smallest absolute Gasteiger partial charge is 0.260 e. The van der Waals surface area contributed by atoms with Crippen molar-refractivity contribution in [3.63, 3.8) is 0 Å². The fourth-order valence-electron chi connectivity index (χ4n) is 4.41. The average Bonchev–Trinajstić information content (AvgIpc) is 3.57. The molecule has 8 heteroatoms. The molecule has 1 aromatic heterocycles. The lowest BCUT2D eigenvalue weighted by Gasteiger charge is -2.23. The first-order valence-electron chi connectivity index (χ1n) is 11.3. The first-order chi connectivity index (χ1) is 16.0. The monoisotopic (exact) mass is 463 g/mol. The molecule has 170 valence electrons. The Balaban J connectivity index is 1.47. The van der Waals surface area contributed by atoms with Crippen molar-refractivity contribution in [3.05, 3.63) is 53.6 Å². The molecule has 0 saturated carbocycles. The zero-order chi connectivity index (χ0) is 22.9. The number of hydrogen-bond donors (Lipinski definition) is 0. The highest BCUT2D eigenvalue weighted by molar-refractivity contribution is 7.22. The third-order valence-electron chi connectivity index (χ3n) is 6.18. The van der Waals surface area contributed by atoms with Gasteiger partial charge in [-0.3, -0.25) is 24.2 Å². The summed E-state index contributed by atoms with van der Waals surface area (Å²) < 4.78 is 6.87. The van der Waals surface area contributed by atoms with Gasteiger partial charge in [0.05, 0.1) is 28.6 Å². The first kappa shape index (κ1) is 21.7. The summed E-state index contributed by atoms with van der Waals surface area (Å²) in [6.45, 7) is 3.24. The Hall–Kier alpha value is -3.10. The zero-order valence-corrected chi connectivity index (χ0v) is 19.3. The summed E-state index contributed by atoms with van der Waals surface area (Å²) in [6, 6.07) is 12.8. The molecule has 0 N–H and O–H groups in total. The minimum absolute atomic E-state index is 0.0225. The van der Waals surface area contributed by atoms with Gasteiger partial charge in [-0.25, -0.2) is 4.98 Å². The van der Waals surface area contributed by atoms with Crippen LogP contribution in [0.2, 0.25) is 0 Å². The molecule has 2 saturated heterocycles. The number of amides is 3. The summed E-state index contributed by atoms with van der Waals surface area (Å²) in [5, 5.41) is 0.653. The molecule has 1 unspecified atom stereocenters. The van der Waals surface area contributed by atoms with E-state index >= 15 is 0 Å². The van der Waals surface area contributed by atoms with E-state index in [0.717, 1.165) is 35.0 Å². The van der Waals surface area contributed by atoms with Crippen LogP contribution in [-0.2, 0) is 20.7 Å². The maximum absolute atomic E-state index is 13.6. The number of carbonyl (C=O) groups is 3. The van der Waals surface area contributed by atoms with Crippen LogP contribution >= 0.6 is 11.3 Å². The van der Waals surface area contributed by atoms with Crippen molar-refractivity contribution >= 4 is 50.1 Å². The van der Waals surface area contributed by atoms with Crippen LogP contribution in [0.5, 0.6) is 0 Å². The molecule has 3 heterocycles. The van der Waals surface area contributed by atoms with Crippen LogP contribution in [0.4, 0.5) is 10.8 Å². The van der Waals surface area contributed by atoms with E-state index in [1.54, 1.807) is 29.2 Å². The van der Waals surface area contributed by atoms with Gasteiger partial charge in [0, 0.05) is 25.0 Å². The third kappa shape index (κ3) is 4.16. The molecule has 5 rings (SSSR count). The fourth-order valence-corrected chi connectivity index (χ4v) is 5.43. The molecule has 0 radical (unpaired) electrons. The standard InChI is InChI=1S/C25H25N3O4S/c1-2-16-5-3-7-20-23(16)26-25(33-20)27(15-19-6-4-14-32-19)24(31)17-8-10-18(11-9-17)28-21(29)12-13-22(28)30/h3,5,7-11,19H,2,4,6,12-15H2,1H3. The first-order valence-corrected chi connectivity index (χ1v) is 12.1. The number of aromatic nitrogens is 1. The number of nitrogens with zero attached hydrogens (tertiary/aromatic N) is 3. The summed E-state index contributed by atoms with van der Waals surface area (Å²) in [7, 11) is 0. The molecule has 2 fully saturated rings. The van der Waals surface area contributed by atoms with Gasteiger partial charge in [0.15, 0.2) is 5.13 Å². The maximum atomic E-state index is 13.6. The highest BCUT2D eigenvalue weighted by Crippen LogP contribution is 2.33. The lowest BCUT2D eigenvalue weighted by Crippen LogP contribution is -2.37. The number of benzene rings is 2. The third-order valence-corrected chi connectivity index (χ3v) is 7.23. The fraction of sp³-hybridized carbons (Fsp3) is 0.360. The van der Waals surface area contributed by atoms with Crippen LogP contribution in [0.1, 0.15) is 48.5 Å². The van der Waals surface area contributed by atoms with E-state index in [9.17, 15) is 14.4 Å². The molecule has 2 aliphatic heterocycles. The van der Waals surface area contributed by atoms with Crippen molar-refractivity contribution in [2.75, 3.05) is 23.0 Å². The number of aryl methyl sites for hydroxylation is 1. The predicted octanol–water partition coefficient (Wildman–Crippen LogP) is 4.34. The number of fused-ring (bicyclic) bond motifs is 1. The maximum Gasteiger partial charge on any atom is 0.260 e. The molecule has 2 aliphatic rings. The van der Waals surface area contributed by atoms with Crippen LogP contribution in [0, 0.1) is 0 Å². The van der Waals surface area contributed by atoms with Crippen LogP contribution in [0.15, 0.2) is 42.5 Å². The molecule has 0 bridgehead atoms. The van der Waals surface area contributed by atoms with Crippen molar-refractivity contribution in [2.45, 2.75) is 45.1 Å². The van der Waals surface area contributed by atoms with Crippen molar-refractivity contribution < 1.29 is 19.1 Å². The van der Waals surface area contributed by atoms with Crippen molar-refractivity contribution in [1.82, 2.24) is 4.98 Å². The molecule has 7 nitrogen and oxygen atoms in total. The van der Waals surface area contributed by atoms with Crippen LogP contribution in [0.25, 0.3) is 10.2 Å². The minimum Gasteiger partial charge on any atom is -0.376 e. The summed E-state index contributed by atoms with van der Waals surface area (Å²) >= 11 is 1.51. The molecular formula is C25H25N3O4S. The van der Waals surface area contributed by atoms with Gasteiger partial charge in [0.2, 0.25) is 11.8 Å². The van der Waals surface area contributed by atoms with E-state index in [4.69, 9.17) is 9.72 Å². The molecule has 2 aromatic carbocycles. The van der Waals surface area contributed by atoms with Crippen molar-refractivity contribution in [3.8, 4) is 0 Å². The molecule has 1 atom stereocenters. The van der Waals surface area contributed by atoms with Crippen molar-refractivity contribution in [1.29, 1.82) is 0 Å². The minimum atomic E-state index is -0.208. The SMILES string of the molecule is CCc1cccc2sc(N(CC3CCCO3)C(=O)c3ccc(N4C(=O)CCC4=O)cc3)nc12. The number of anilines is 2. The lowest BCUT2D eigenvalue weighted by molar-refractivity contribution is -0.121. The van der Waals surface area contributed by atoms with E-state index in [1.807, 2.05) is 12.1 Å². The second-order valence-corrected chi connectivity index (χ2v) is 9.34. The van der Waals surface area contributed by atoms with Gasteiger partial charge in [0.1, 0.15) is 0 Å². The van der Waals surface area contributed by atoms with Crippen LogP contribution < -0.4 is 9.80 Å². The second kappa shape index (κ2) is 9.03. The Morgan fingerprint density at radius 2 is 1.91 bits per heavy atom. The number of ether oxygens (including phenoxy) is 1. The molecule has 0 aliphatic carbocycles. The second-order valence-electron chi connectivity index (χ2n) is 8.33. The largest absolute Gasteiger partial charge is 0.376 e. The van der Waals surface area contributed by atoms with Gasteiger partial charge in [-0.2, -0.15) is 0 Å². The number of carbonyl (C=O) groups excluding carboxylic acids is 3. The number of para-hydroxylation sites is 1. The Morgan fingerprint density at radius 3 is 2.58 bits per heavy atom. The molecular weight excluding hydrogens is 438 g/mol. The topological polar surface area (TPSA) is 79.8 Å². The Kier molecular flexibility index (Phi) is 5.95. The normalized spacial score (nSPS) is 18.5. The van der Waals surface area contributed by atoms with E-state index in [-0.39, 0.29) is 36.7 Å². The van der Waals surface area contributed by atoms with Crippen molar-refractivity contribution in [2.24, 2.45) is 0 Å². The lowest BCUT2D eigenvalue weighted by atomic mass is 10.1. The van der Waals surface area contributed by atoms with Gasteiger partial charge in [0.25, 0.3) is 5.91 Å². The molecule has 33 heavy (non-hydrogen) atoms. The quantitative estimate of drug-likeness (QED) is 0.508. The van der Waals surface area contributed by atoms with Gasteiger partial charge < -0.3 is 4.74 Å². The highest BCUT2D eigenvalue weighted by atomic mass is 32.1. The Morgan fingerprint density at radius 1 is 1.15 bits per heavy atom. The van der Waals surface area contributed by atoms with Gasteiger partial charge in [-0.1, -0.05) is 30.4 Å². The van der Waals surface area contributed by atoms with Crippen LogP contribution in [-0.4, -0.2) is 42.0 Å². The Labute approximate surface area is 196 Å². The number of imide groups is 1. The van der Waals surface area contributed by atoms with E-state index in [2.05, 4.69) is 13.0 Å². The van der Waals surface area contributed by atoms with Crippen LogP contribution in [0.3, 0.4) is 0 Å². The summed E-state index contributed by atoms with van der Waals surface area (Å²) in [4.78, 5) is 45.4. The van der Waals surface area contributed by atoms with E-state index in [0.29, 0.717) is 29.5 Å². The summed E-state index contributed by atoms with van der Waals surface area (Å²) in [6.07, 6.45) is 3.20. The zero-order valence-electron chi connectivity index (χ0n) is 18.5.